The zero-order chi connectivity index (χ0) is 6.24. The summed E-state index contributed by atoms with van der Waals surface area (Å²) in [5.74, 6) is 10.6. The van der Waals surface area contributed by atoms with Crippen molar-refractivity contribution in [2.45, 2.75) is 13.3 Å². The molecule has 0 aliphatic carbocycles. The Hall–Kier alpha value is -0.920. The van der Waals surface area contributed by atoms with Gasteiger partial charge in [-0.1, -0.05) is 17.8 Å². The highest BCUT2D eigenvalue weighted by molar-refractivity contribution is 5.10. The smallest absolute Gasteiger partial charge is 0.104 e. The minimum absolute atomic E-state index is 0.0641. The highest BCUT2D eigenvalue weighted by Gasteiger charge is 1.61. The maximum Gasteiger partial charge on any atom is 0.104 e. The second-order valence-corrected chi connectivity index (χ2v) is 1.12. The van der Waals surface area contributed by atoms with Gasteiger partial charge in [-0.05, 0) is 6.92 Å². The molecule has 0 aliphatic rings. The summed E-state index contributed by atoms with van der Waals surface area (Å²) in [4.78, 5) is 0. The lowest BCUT2D eigenvalue weighted by molar-refractivity contribution is 0.350. The standard InChI is InChI=1S/C7H8O/c1-2-3-4-5-6-7-8/h8H,4,7H2,1H3. The fourth-order valence-corrected chi connectivity index (χ4v) is 0.251. The van der Waals surface area contributed by atoms with Crippen LogP contribution in [0.3, 0.4) is 0 Å². The predicted octanol–water partition coefficient (Wildman–Crippen LogP) is 0.396. The van der Waals surface area contributed by atoms with Crippen molar-refractivity contribution in [1.82, 2.24) is 0 Å². The molecule has 0 aromatic rings. The summed E-state index contributed by atoms with van der Waals surface area (Å²) in [5.41, 5.74) is 0. The van der Waals surface area contributed by atoms with Gasteiger partial charge in [0.05, 0.1) is 6.42 Å². The molecule has 0 aromatic carbocycles. The molecule has 0 bridgehead atoms. The van der Waals surface area contributed by atoms with E-state index in [1.54, 1.807) is 6.92 Å². The average Bonchev–Trinajstić information content (AvgIpc) is 1.81. The van der Waals surface area contributed by atoms with Crippen LogP contribution < -0.4 is 0 Å². The van der Waals surface area contributed by atoms with Crippen LogP contribution in [0.25, 0.3) is 0 Å². The van der Waals surface area contributed by atoms with Gasteiger partial charge in [-0.25, -0.2) is 0 Å². The van der Waals surface area contributed by atoms with Gasteiger partial charge in [-0.3, -0.25) is 0 Å². The molecule has 0 atom stereocenters. The fraction of sp³-hybridized carbons (Fsp3) is 0.429. The van der Waals surface area contributed by atoms with Gasteiger partial charge in [0.2, 0.25) is 0 Å². The van der Waals surface area contributed by atoms with Crippen LogP contribution in [-0.4, -0.2) is 11.7 Å². The van der Waals surface area contributed by atoms with Crippen LogP contribution in [0.1, 0.15) is 13.3 Å². The van der Waals surface area contributed by atoms with Crippen molar-refractivity contribution in [3.8, 4) is 23.7 Å². The molecule has 0 unspecified atom stereocenters. The Morgan fingerprint density at radius 2 is 2.00 bits per heavy atom. The van der Waals surface area contributed by atoms with E-state index in [2.05, 4.69) is 23.7 Å². The number of rotatable bonds is 0. The summed E-state index contributed by atoms with van der Waals surface area (Å²) in [6.07, 6.45) is 0.567. The van der Waals surface area contributed by atoms with Gasteiger partial charge >= 0.3 is 0 Å². The van der Waals surface area contributed by atoms with Crippen molar-refractivity contribution in [2.24, 2.45) is 0 Å². The lowest BCUT2D eigenvalue weighted by atomic mass is 10.4. The van der Waals surface area contributed by atoms with E-state index >= 15 is 0 Å². The Labute approximate surface area is 49.7 Å². The normalized spacial score (nSPS) is 5.75. The van der Waals surface area contributed by atoms with Crippen LogP contribution in [0.15, 0.2) is 0 Å². The molecular weight excluding hydrogens is 100 g/mol. The molecule has 1 heteroatoms. The van der Waals surface area contributed by atoms with Crippen LogP contribution in [0.2, 0.25) is 0 Å². The highest BCUT2D eigenvalue weighted by Crippen LogP contribution is 1.67. The van der Waals surface area contributed by atoms with E-state index in [1.165, 1.54) is 0 Å². The molecule has 0 saturated carbocycles. The summed E-state index contributed by atoms with van der Waals surface area (Å²) < 4.78 is 0. The van der Waals surface area contributed by atoms with Gasteiger partial charge in [-0.15, -0.1) is 5.92 Å². The minimum atomic E-state index is -0.0641. The molecule has 0 fully saturated rings. The Bertz CT molecular complexity index is 149. The first kappa shape index (κ1) is 7.08. The molecule has 1 nitrogen and oxygen atoms in total. The summed E-state index contributed by atoms with van der Waals surface area (Å²) >= 11 is 0. The van der Waals surface area contributed by atoms with E-state index in [9.17, 15) is 0 Å². The first-order valence-corrected chi connectivity index (χ1v) is 2.38. The van der Waals surface area contributed by atoms with Crippen LogP contribution >= 0.6 is 0 Å². The Morgan fingerprint density at radius 3 is 2.50 bits per heavy atom. The molecule has 0 radical (unpaired) electrons. The molecule has 0 spiro atoms. The number of hydrogen-bond donors (Lipinski definition) is 1. The number of aliphatic hydroxyl groups is 1. The van der Waals surface area contributed by atoms with E-state index < -0.39 is 0 Å². The highest BCUT2D eigenvalue weighted by atomic mass is 16.2. The van der Waals surface area contributed by atoms with Gasteiger partial charge in [0, 0.05) is 0 Å². The fourth-order valence-electron chi connectivity index (χ4n) is 0.251. The molecular formula is C7H8O. The zero-order valence-electron chi connectivity index (χ0n) is 4.86. The largest absolute Gasteiger partial charge is 0.384 e. The second kappa shape index (κ2) is 6.08. The van der Waals surface area contributed by atoms with Crippen LogP contribution in [0, 0.1) is 23.7 Å². The molecule has 0 saturated heterocycles. The predicted molar refractivity (Wildman–Crippen MR) is 32.9 cm³/mol. The molecule has 0 aromatic heterocycles. The molecule has 42 valence electrons. The van der Waals surface area contributed by atoms with E-state index in [4.69, 9.17) is 5.11 Å². The maximum absolute atomic E-state index is 8.14. The Balaban J connectivity index is 3.24. The number of hydrogen-bond acceptors (Lipinski definition) is 1. The first-order chi connectivity index (χ1) is 3.91. The van der Waals surface area contributed by atoms with Crippen molar-refractivity contribution in [3.63, 3.8) is 0 Å². The van der Waals surface area contributed by atoms with Gasteiger partial charge in [-0.2, -0.15) is 0 Å². The first-order valence-electron chi connectivity index (χ1n) is 2.38. The zero-order valence-corrected chi connectivity index (χ0v) is 4.86. The van der Waals surface area contributed by atoms with Gasteiger partial charge in [0.25, 0.3) is 0 Å². The summed E-state index contributed by atoms with van der Waals surface area (Å²) in [6, 6.07) is 0. The molecule has 0 heterocycles. The van der Waals surface area contributed by atoms with E-state index in [0.717, 1.165) is 0 Å². The topological polar surface area (TPSA) is 20.2 Å². The summed E-state index contributed by atoms with van der Waals surface area (Å²) in [7, 11) is 0. The van der Waals surface area contributed by atoms with Crippen molar-refractivity contribution >= 4 is 0 Å². The van der Waals surface area contributed by atoms with Crippen molar-refractivity contribution in [2.75, 3.05) is 6.61 Å². The third kappa shape index (κ3) is 5.08. The summed E-state index contributed by atoms with van der Waals surface area (Å²) in [6.45, 7) is 1.70. The van der Waals surface area contributed by atoms with Gasteiger partial charge in [0.1, 0.15) is 6.61 Å². The molecule has 1 N–H and O–H groups in total. The maximum atomic E-state index is 8.14. The van der Waals surface area contributed by atoms with Crippen molar-refractivity contribution in [3.05, 3.63) is 0 Å². The third-order valence-electron chi connectivity index (χ3n) is 0.558. The Kier molecular flexibility index (Phi) is 5.38. The summed E-state index contributed by atoms with van der Waals surface area (Å²) in [5, 5.41) is 8.14. The van der Waals surface area contributed by atoms with E-state index in [-0.39, 0.29) is 6.61 Å². The van der Waals surface area contributed by atoms with E-state index in [0.29, 0.717) is 6.42 Å². The van der Waals surface area contributed by atoms with Crippen LogP contribution in [0.4, 0.5) is 0 Å². The molecule has 8 heavy (non-hydrogen) atoms. The van der Waals surface area contributed by atoms with Gasteiger partial charge in [0.15, 0.2) is 0 Å². The average molecular weight is 108 g/mol. The van der Waals surface area contributed by atoms with Gasteiger partial charge < -0.3 is 5.11 Å². The molecule has 0 rings (SSSR count). The SMILES string of the molecule is CC#CCC#CCO. The van der Waals surface area contributed by atoms with Crippen molar-refractivity contribution in [1.29, 1.82) is 0 Å². The van der Waals surface area contributed by atoms with Crippen molar-refractivity contribution < 1.29 is 5.11 Å². The third-order valence-corrected chi connectivity index (χ3v) is 0.558. The number of aliphatic hydroxyl groups excluding tert-OH is 1. The minimum Gasteiger partial charge on any atom is -0.384 e. The van der Waals surface area contributed by atoms with Crippen LogP contribution in [0.5, 0.6) is 0 Å². The second-order valence-electron chi connectivity index (χ2n) is 1.12. The quantitative estimate of drug-likeness (QED) is 0.445. The lowest BCUT2D eigenvalue weighted by Crippen LogP contribution is -1.69. The Morgan fingerprint density at radius 1 is 1.25 bits per heavy atom. The molecule has 0 amide bonds. The van der Waals surface area contributed by atoms with Crippen LogP contribution in [-0.2, 0) is 0 Å². The lowest BCUT2D eigenvalue weighted by Gasteiger charge is -1.68. The monoisotopic (exact) mass is 108 g/mol. The molecule has 0 aliphatic heterocycles. The van der Waals surface area contributed by atoms with E-state index in [1.807, 2.05) is 0 Å².